The average molecular weight is 172 g/mol. The van der Waals surface area contributed by atoms with Crippen LogP contribution in [-0.4, -0.2) is 36.1 Å². The minimum Gasteiger partial charge on any atom is -0.481 e. The van der Waals surface area contributed by atoms with Gasteiger partial charge in [-0.3, -0.25) is 15.0 Å². The van der Waals surface area contributed by atoms with Crippen molar-refractivity contribution in [2.24, 2.45) is 0 Å². The number of aliphatic carboxylic acids is 1. The second kappa shape index (κ2) is 4.50. The first-order valence-electron chi connectivity index (χ1n) is 3.31. The van der Waals surface area contributed by atoms with Crippen LogP contribution < -0.4 is 5.43 Å². The van der Waals surface area contributed by atoms with Gasteiger partial charge in [-0.25, -0.2) is 5.01 Å². The summed E-state index contributed by atoms with van der Waals surface area (Å²) in [6.45, 7) is 3.33. The number of carbonyl (C=O) groups excluding carboxylic acids is 1. The molecule has 2 N–H and O–H groups in total. The van der Waals surface area contributed by atoms with E-state index in [-0.39, 0.29) is 12.0 Å². The lowest BCUT2D eigenvalue weighted by Gasteiger charge is -2.11. The number of nitrogens with zero attached hydrogens (tertiary/aromatic N) is 1. The van der Waals surface area contributed by atoms with Crippen LogP contribution in [0.3, 0.4) is 0 Å². The van der Waals surface area contributed by atoms with Crippen LogP contribution in [0.5, 0.6) is 0 Å². The maximum Gasteiger partial charge on any atom is 0.308 e. The molecule has 0 aromatic rings. The summed E-state index contributed by atoms with van der Waals surface area (Å²) in [5.74, 6) is -1.53. The van der Waals surface area contributed by atoms with Crippen LogP contribution in [0.25, 0.3) is 0 Å². The van der Waals surface area contributed by atoms with Crippen molar-refractivity contribution < 1.29 is 14.7 Å². The van der Waals surface area contributed by atoms with Crippen molar-refractivity contribution in [1.29, 1.82) is 0 Å². The maximum absolute atomic E-state index is 11.0. The number of carbonyl (C=O) groups is 2. The van der Waals surface area contributed by atoms with E-state index in [4.69, 9.17) is 5.11 Å². The number of amides is 1. The lowest BCUT2D eigenvalue weighted by Crippen LogP contribution is -2.37. The smallest absolute Gasteiger partial charge is 0.308 e. The SMILES string of the molecule is C=C(CC(=O)O)C(=O)NN(C)C. The summed E-state index contributed by atoms with van der Waals surface area (Å²) in [6, 6.07) is 0. The van der Waals surface area contributed by atoms with Crippen molar-refractivity contribution >= 4 is 11.9 Å². The molecule has 0 rings (SSSR count). The monoisotopic (exact) mass is 172 g/mol. The van der Waals surface area contributed by atoms with Gasteiger partial charge in [0.05, 0.1) is 6.42 Å². The highest BCUT2D eigenvalue weighted by Crippen LogP contribution is 1.96. The highest BCUT2D eigenvalue weighted by molar-refractivity contribution is 5.96. The quantitative estimate of drug-likeness (QED) is 0.447. The lowest BCUT2D eigenvalue weighted by atomic mass is 10.2. The van der Waals surface area contributed by atoms with Gasteiger partial charge in [0, 0.05) is 19.7 Å². The molecule has 0 aliphatic carbocycles. The summed E-state index contributed by atoms with van der Waals surface area (Å²) < 4.78 is 0. The van der Waals surface area contributed by atoms with Crippen molar-refractivity contribution in [2.45, 2.75) is 6.42 Å². The van der Waals surface area contributed by atoms with Gasteiger partial charge in [0.15, 0.2) is 0 Å². The predicted molar refractivity (Wildman–Crippen MR) is 43.2 cm³/mol. The zero-order valence-corrected chi connectivity index (χ0v) is 7.13. The van der Waals surface area contributed by atoms with Crippen molar-refractivity contribution in [3.05, 3.63) is 12.2 Å². The molecular weight excluding hydrogens is 160 g/mol. The second-order valence-electron chi connectivity index (χ2n) is 2.51. The Morgan fingerprint density at radius 3 is 2.33 bits per heavy atom. The molecular formula is C7H12N2O3. The van der Waals surface area contributed by atoms with Crippen molar-refractivity contribution in [2.75, 3.05) is 14.1 Å². The van der Waals surface area contributed by atoms with E-state index in [1.54, 1.807) is 14.1 Å². The zero-order chi connectivity index (χ0) is 9.72. The van der Waals surface area contributed by atoms with Crippen LogP contribution in [0.1, 0.15) is 6.42 Å². The summed E-state index contributed by atoms with van der Waals surface area (Å²) in [5.41, 5.74) is 2.42. The van der Waals surface area contributed by atoms with Gasteiger partial charge in [-0.2, -0.15) is 0 Å². The van der Waals surface area contributed by atoms with E-state index in [0.717, 1.165) is 0 Å². The Hall–Kier alpha value is -1.36. The standard InChI is InChI=1S/C7H12N2O3/c1-5(4-6(10)11)7(12)8-9(2)3/h1,4H2,2-3H3,(H,8,12)(H,10,11). The first-order chi connectivity index (χ1) is 5.43. The molecule has 5 heteroatoms. The topological polar surface area (TPSA) is 69.6 Å². The minimum absolute atomic E-state index is 0.0381. The van der Waals surface area contributed by atoms with Crippen LogP contribution in [0, 0.1) is 0 Å². The molecule has 0 spiro atoms. The highest BCUT2D eigenvalue weighted by atomic mass is 16.4. The molecule has 0 atom stereocenters. The van der Waals surface area contributed by atoms with Crippen LogP contribution in [0.4, 0.5) is 0 Å². The van der Waals surface area contributed by atoms with Gasteiger partial charge in [0.25, 0.3) is 5.91 Å². The number of nitrogens with one attached hydrogen (secondary N) is 1. The molecule has 0 aliphatic heterocycles. The number of carboxylic acids is 1. The lowest BCUT2D eigenvalue weighted by molar-refractivity contribution is -0.137. The first kappa shape index (κ1) is 10.6. The van der Waals surface area contributed by atoms with Gasteiger partial charge >= 0.3 is 5.97 Å². The minimum atomic E-state index is -1.06. The van der Waals surface area contributed by atoms with E-state index >= 15 is 0 Å². The Balaban J connectivity index is 3.94. The fourth-order valence-corrected chi connectivity index (χ4v) is 0.545. The molecule has 0 bridgehead atoms. The number of hydrogen-bond donors (Lipinski definition) is 2. The largest absolute Gasteiger partial charge is 0.481 e. The molecule has 0 aromatic carbocycles. The summed E-state index contributed by atoms with van der Waals surface area (Å²) in [5, 5.41) is 9.74. The summed E-state index contributed by atoms with van der Waals surface area (Å²) in [7, 11) is 3.26. The molecule has 0 saturated heterocycles. The van der Waals surface area contributed by atoms with Crippen molar-refractivity contribution in [3.63, 3.8) is 0 Å². The molecule has 0 heterocycles. The second-order valence-corrected chi connectivity index (χ2v) is 2.51. The molecule has 0 aliphatic rings. The van der Waals surface area contributed by atoms with E-state index in [1.165, 1.54) is 5.01 Å². The molecule has 1 amide bonds. The van der Waals surface area contributed by atoms with E-state index in [9.17, 15) is 9.59 Å². The third kappa shape index (κ3) is 4.45. The average Bonchev–Trinajstić information content (AvgIpc) is 1.84. The molecule has 68 valence electrons. The molecule has 0 aromatic heterocycles. The number of carboxylic acid groups (broad SMARTS) is 1. The van der Waals surface area contributed by atoms with E-state index in [0.29, 0.717) is 0 Å². The summed E-state index contributed by atoms with van der Waals surface area (Å²) >= 11 is 0. The predicted octanol–water partition coefficient (Wildman–Crippen LogP) is -0.390. The van der Waals surface area contributed by atoms with Gasteiger partial charge in [-0.05, 0) is 0 Å². The Kier molecular flexibility index (Phi) is 3.99. The van der Waals surface area contributed by atoms with Crippen LogP contribution in [0.15, 0.2) is 12.2 Å². The van der Waals surface area contributed by atoms with Crippen LogP contribution >= 0.6 is 0 Å². The van der Waals surface area contributed by atoms with E-state index < -0.39 is 11.9 Å². The summed E-state index contributed by atoms with van der Waals surface area (Å²) in [4.78, 5) is 21.1. The molecule has 5 nitrogen and oxygen atoms in total. The van der Waals surface area contributed by atoms with Crippen LogP contribution in [0.2, 0.25) is 0 Å². The number of rotatable bonds is 4. The molecule has 0 radical (unpaired) electrons. The Morgan fingerprint density at radius 2 is 2.00 bits per heavy atom. The van der Waals surface area contributed by atoms with E-state index in [1.807, 2.05) is 0 Å². The number of hydrogen-bond acceptors (Lipinski definition) is 3. The van der Waals surface area contributed by atoms with Gasteiger partial charge in [-0.1, -0.05) is 6.58 Å². The fraction of sp³-hybridized carbons (Fsp3) is 0.429. The number of hydrazine groups is 1. The third-order valence-corrected chi connectivity index (χ3v) is 1.01. The first-order valence-corrected chi connectivity index (χ1v) is 3.31. The zero-order valence-electron chi connectivity index (χ0n) is 7.13. The van der Waals surface area contributed by atoms with Crippen molar-refractivity contribution in [3.8, 4) is 0 Å². The fourth-order valence-electron chi connectivity index (χ4n) is 0.545. The highest BCUT2D eigenvalue weighted by Gasteiger charge is 2.10. The van der Waals surface area contributed by atoms with Crippen LogP contribution in [-0.2, 0) is 9.59 Å². The Labute approximate surface area is 70.6 Å². The Morgan fingerprint density at radius 1 is 1.50 bits per heavy atom. The van der Waals surface area contributed by atoms with Gasteiger partial charge in [0.2, 0.25) is 0 Å². The normalized spacial score (nSPS) is 9.58. The van der Waals surface area contributed by atoms with Crippen molar-refractivity contribution in [1.82, 2.24) is 10.4 Å². The Bertz CT molecular complexity index is 211. The molecule has 12 heavy (non-hydrogen) atoms. The van der Waals surface area contributed by atoms with Gasteiger partial charge in [-0.15, -0.1) is 0 Å². The maximum atomic E-state index is 11.0. The molecule has 0 unspecified atom stereocenters. The van der Waals surface area contributed by atoms with Gasteiger partial charge in [0.1, 0.15) is 0 Å². The van der Waals surface area contributed by atoms with E-state index in [2.05, 4.69) is 12.0 Å². The van der Waals surface area contributed by atoms with Gasteiger partial charge < -0.3 is 5.11 Å². The third-order valence-electron chi connectivity index (χ3n) is 1.01. The summed E-state index contributed by atoms with van der Waals surface area (Å²) in [6.07, 6.45) is -0.334. The molecule has 0 fully saturated rings. The molecule has 0 saturated carbocycles.